The van der Waals surface area contributed by atoms with Gasteiger partial charge < -0.3 is 20.9 Å². The number of carbonyl (C=O) groups is 2. The van der Waals surface area contributed by atoms with E-state index in [-0.39, 0.29) is 30.1 Å². The summed E-state index contributed by atoms with van der Waals surface area (Å²) in [6, 6.07) is 7.34. The van der Waals surface area contributed by atoms with E-state index in [9.17, 15) is 9.59 Å². The molecule has 1 saturated heterocycles. The Morgan fingerprint density at radius 3 is 2.65 bits per heavy atom. The summed E-state index contributed by atoms with van der Waals surface area (Å²) < 4.78 is 0. The highest BCUT2D eigenvalue weighted by Gasteiger charge is 2.35. The molecule has 0 saturated carbocycles. The van der Waals surface area contributed by atoms with Crippen LogP contribution >= 0.6 is 0 Å². The summed E-state index contributed by atoms with van der Waals surface area (Å²) in [5.41, 5.74) is 0.852. The maximum absolute atomic E-state index is 13.3. The second-order valence-corrected chi connectivity index (χ2v) is 8.92. The molecule has 2 aromatic rings. The third-order valence-corrected chi connectivity index (χ3v) is 5.73. The van der Waals surface area contributed by atoms with Gasteiger partial charge in [0.2, 0.25) is 5.91 Å². The molecule has 3 N–H and O–H groups in total. The normalized spacial score (nSPS) is 22.1. The molecule has 0 spiro atoms. The van der Waals surface area contributed by atoms with E-state index in [1.807, 2.05) is 52.0 Å². The van der Waals surface area contributed by atoms with Gasteiger partial charge in [0.05, 0.1) is 18.6 Å². The first-order valence-corrected chi connectivity index (χ1v) is 10.9. The molecule has 9 nitrogen and oxygen atoms in total. The molecular formula is C22H31N7O2. The molecule has 1 aromatic heterocycles. The van der Waals surface area contributed by atoms with E-state index in [4.69, 9.17) is 9.97 Å². The van der Waals surface area contributed by atoms with E-state index < -0.39 is 6.04 Å². The molecule has 0 radical (unpaired) electrons. The van der Waals surface area contributed by atoms with Gasteiger partial charge in [-0.15, -0.1) is 0 Å². The van der Waals surface area contributed by atoms with Gasteiger partial charge in [0.1, 0.15) is 23.8 Å². The number of hydrogen-bond acceptors (Lipinski definition) is 6. The lowest BCUT2D eigenvalue weighted by molar-refractivity contribution is -0.125. The number of hydrogen-bond donors (Lipinski definition) is 3. The van der Waals surface area contributed by atoms with Crippen LogP contribution in [-0.2, 0) is 11.3 Å². The number of nitrogens with zero attached hydrogens (tertiary/aromatic N) is 4. The Labute approximate surface area is 182 Å². The maximum atomic E-state index is 13.3. The molecule has 3 amide bonds. The number of nitrogens with one attached hydrogen (secondary N) is 3. The zero-order valence-electron chi connectivity index (χ0n) is 18.6. The Bertz CT molecular complexity index is 977. The lowest BCUT2D eigenvalue weighted by atomic mass is 10.0. The number of carbonyl (C=O) groups excluding carboxylic acids is 2. The Morgan fingerprint density at radius 2 is 1.90 bits per heavy atom. The number of fused-ring (bicyclic) bond motifs is 5. The number of para-hydroxylation sites is 1. The molecule has 2 aliphatic heterocycles. The monoisotopic (exact) mass is 425 g/mol. The van der Waals surface area contributed by atoms with Crippen molar-refractivity contribution in [1.29, 1.82) is 0 Å². The Balaban J connectivity index is 1.68. The van der Waals surface area contributed by atoms with E-state index in [0.29, 0.717) is 37.8 Å². The van der Waals surface area contributed by atoms with Gasteiger partial charge in [-0.3, -0.25) is 9.69 Å². The molecule has 2 bridgehead atoms. The van der Waals surface area contributed by atoms with Crippen molar-refractivity contribution in [3.05, 3.63) is 30.1 Å². The number of aromatic nitrogens is 2. The van der Waals surface area contributed by atoms with Gasteiger partial charge in [-0.25, -0.2) is 14.8 Å². The maximum Gasteiger partial charge on any atom is 0.317 e. The van der Waals surface area contributed by atoms with Crippen LogP contribution in [0.2, 0.25) is 0 Å². The van der Waals surface area contributed by atoms with Gasteiger partial charge in [-0.05, 0) is 31.9 Å². The van der Waals surface area contributed by atoms with Crippen LogP contribution in [0.3, 0.4) is 0 Å². The van der Waals surface area contributed by atoms with Crippen molar-refractivity contribution in [2.45, 2.75) is 52.5 Å². The summed E-state index contributed by atoms with van der Waals surface area (Å²) in [5.74, 6) is 1.34. The molecule has 9 heteroatoms. The summed E-state index contributed by atoms with van der Waals surface area (Å²) in [6.45, 7) is 10.0. The highest BCUT2D eigenvalue weighted by atomic mass is 16.2. The van der Waals surface area contributed by atoms with Crippen LogP contribution in [0.25, 0.3) is 10.9 Å². The topological polar surface area (TPSA) is 102 Å². The highest BCUT2D eigenvalue weighted by molar-refractivity contribution is 5.92. The highest BCUT2D eigenvalue weighted by Crippen LogP contribution is 2.24. The first kappa shape index (κ1) is 21.3. The molecule has 4 rings (SSSR count). The van der Waals surface area contributed by atoms with Crippen LogP contribution in [0.1, 0.15) is 33.5 Å². The predicted molar refractivity (Wildman–Crippen MR) is 119 cm³/mol. The van der Waals surface area contributed by atoms with Gasteiger partial charge in [-0.2, -0.15) is 0 Å². The summed E-state index contributed by atoms with van der Waals surface area (Å²) >= 11 is 0. The van der Waals surface area contributed by atoms with Crippen LogP contribution in [0.5, 0.6) is 0 Å². The number of anilines is 1. The SMILES string of the molecule is CC(C)NC(=O)N1CCN2Cc3nc(c4ccccc4n3)N[C@@H](C(C)C)C(=O)NC2C1. The van der Waals surface area contributed by atoms with Gasteiger partial charge in [0, 0.05) is 24.5 Å². The van der Waals surface area contributed by atoms with Crippen molar-refractivity contribution in [1.82, 2.24) is 30.4 Å². The fraction of sp³-hybridized carbons (Fsp3) is 0.545. The number of piperazine rings is 1. The second-order valence-electron chi connectivity index (χ2n) is 8.92. The van der Waals surface area contributed by atoms with E-state index in [0.717, 1.165) is 10.9 Å². The zero-order chi connectivity index (χ0) is 22.1. The molecule has 2 atom stereocenters. The third-order valence-electron chi connectivity index (χ3n) is 5.73. The van der Waals surface area contributed by atoms with Crippen molar-refractivity contribution in [2.75, 3.05) is 25.0 Å². The van der Waals surface area contributed by atoms with E-state index in [1.165, 1.54) is 0 Å². The average molecular weight is 426 g/mol. The van der Waals surface area contributed by atoms with E-state index in [2.05, 4.69) is 20.9 Å². The minimum atomic E-state index is -0.453. The molecule has 0 aliphatic carbocycles. The first-order chi connectivity index (χ1) is 14.8. The Kier molecular flexibility index (Phi) is 5.95. The Morgan fingerprint density at radius 1 is 1.13 bits per heavy atom. The first-order valence-electron chi connectivity index (χ1n) is 10.9. The lowest BCUT2D eigenvalue weighted by Gasteiger charge is -2.42. The van der Waals surface area contributed by atoms with Gasteiger partial charge >= 0.3 is 6.03 Å². The molecular weight excluding hydrogens is 394 g/mol. The van der Waals surface area contributed by atoms with E-state index in [1.54, 1.807) is 4.90 Å². The summed E-state index contributed by atoms with van der Waals surface area (Å²) in [5, 5.41) is 10.4. The fourth-order valence-corrected chi connectivity index (χ4v) is 4.09. The molecule has 3 heterocycles. The predicted octanol–water partition coefficient (Wildman–Crippen LogP) is 1.76. The molecule has 2 aliphatic rings. The number of rotatable bonds is 2. The second kappa shape index (κ2) is 8.66. The molecule has 1 fully saturated rings. The summed E-state index contributed by atoms with van der Waals surface area (Å²) in [4.78, 5) is 39.2. The van der Waals surface area contributed by atoms with Crippen molar-refractivity contribution in [3.63, 3.8) is 0 Å². The molecule has 1 aromatic carbocycles. The van der Waals surface area contributed by atoms with Crippen LogP contribution in [0, 0.1) is 5.92 Å². The van der Waals surface area contributed by atoms with Gasteiger partial charge in [0.15, 0.2) is 0 Å². The quantitative estimate of drug-likeness (QED) is 0.678. The average Bonchev–Trinajstić information content (AvgIpc) is 2.71. The Hall–Kier alpha value is -2.94. The standard InChI is InChI=1S/C22H31N7O2/c1-13(2)19-21(30)26-18-12-29(22(31)23-14(3)4)10-9-28(18)11-17-24-16-8-6-5-7-15(16)20(25-17)27-19/h5-8,13-14,18-19H,9-12H2,1-4H3,(H,23,31)(H,26,30)(H,24,25,27)/t18?,19-/m0/s1. The minimum Gasteiger partial charge on any atom is -0.358 e. The van der Waals surface area contributed by atoms with Crippen molar-refractivity contribution < 1.29 is 9.59 Å². The smallest absolute Gasteiger partial charge is 0.317 e. The summed E-state index contributed by atoms with van der Waals surface area (Å²) in [7, 11) is 0. The van der Waals surface area contributed by atoms with Crippen molar-refractivity contribution in [2.24, 2.45) is 5.92 Å². The third kappa shape index (κ3) is 4.56. The lowest BCUT2D eigenvalue weighted by Crippen LogP contribution is -2.64. The van der Waals surface area contributed by atoms with Crippen LogP contribution < -0.4 is 16.0 Å². The number of urea groups is 1. The van der Waals surface area contributed by atoms with Gasteiger partial charge in [-0.1, -0.05) is 26.0 Å². The summed E-state index contributed by atoms with van der Waals surface area (Å²) in [6.07, 6.45) is -0.307. The molecule has 31 heavy (non-hydrogen) atoms. The van der Waals surface area contributed by atoms with Crippen LogP contribution in [0.15, 0.2) is 24.3 Å². The van der Waals surface area contributed by atoms with E-state index >= 15 is 0 Å². The van der Waals surface area contributed by atoms with Gasteiger partial charge in [0.25, 0.3) is 0 Å². The largest absolute Gasteiger partial charge is 0.358 e. The van der Waals surface area contributed by atoms with Crippen molar-refractivity contribution in [3.8, 4) is 0 Å². The van der Waals surface area contributed by atoms with Crippen LogP contribution in [-0.4, -0.2) is 69.6 Å². The molecule has 166 valence electrons. The molecule has 1 unspecified atom stereocenters. The number of benzene rings is 1. The zero-order valence-corrected chi connectivity index (χ0v) is 18.6. The minimum absolute atomic E-state index is 0.0500. The van der Waals surface area contributed by atoms with Crippen molar-refractivity contribution >= 4 is 28.7 Å². The fourth-order valence-electron chi connectivity index (χ4n) is 4.09. The number of amides is 3. The van der Waals surface area contributed by atoms with Crippen LogP contribution in [0.4, 0.5) is 10.6 Å².